The average molecular weight is 314 g/mol. The molecule has 1 aromatic rings. The molecule has 1 fully saturated rings. The van der Waals surface area contributed by atoms with Gasteiger partial charge in [-0.3, -0.25) is 14.5 Å². The number of carboxylic acid groups (broad SMARTS) is 1. The first-order valence-corrected chi connectivity index (χ1v) is 7.59. The number of carbonyl (C=O) groups excluding carboxylic acids is 2. The van der Waals surface area contributed by atoms with E-state index in [0.717, 1.165) is 5.56 Å². The summed E-state index contributed by atoms with van der Waals surface area (Å²) in [6.07, 6.45) is 2.45. The molecule has 2 aliphatic rings. The minimum atomic E-state index is -1.11. The zero-order chi connectivity index (χ0) is 16.6. The predicted octanol–water partition coefficient (Wildman–Crippen LogP) is 0.933. The number of fused-ring (bicyclic) bond motifs is 1. The van der Waals surface area contributed by atoms with E-state index in [4.69, 9.17) is 0 Å². The zero-order valence-corrected chi connectivity index (χ0v) is 12.7. The van der Waals surface area contributed by atoms with E-state index < -0.39 is 12.0 Å². The van der Waals surface area contributed by atoms with Gasteiger partial charge < -0.3 is 10.4 Å². The molecule has 3 rings (SSSR count). The third kappa shape index (κ3) is 2.84. The Hall–Kier alpha value is -2.63. The van der Waals surface area contributed by atoms with E-state index in [9.17, 15) is 19.5 Å². The molecule has 23 heavy (non-hydrogen) atoms. The molecule has 0 aromatic heterocycles. The van der Waals surface area contributed by atoms with Gasteiger partial charge in [0, 0.05) is 0 Å². The summed E-state index contributed by atoms with van der Waals surface area (Å²) in [5, 5.41) is 12.0. The summed E-state index contributed by atoms with van der Waals surface area (Å²) in [5.74, 6) is -1.63. The highest BCUT2D eigenvalue weighted by molar-refractivity contribution is 6.01. The molecule has 0 aliphatic carbocycles. The number of amides is 2. The Kier molecular flexibility index (Phi) is 3.90. The van der Waals surface area contributed by atoms with Crippen LogP contribution < -0.4 is 5.32 Å². The van der Waals surface area contributed by atoms with Crippen molar-refractivity contribution >= 4 is 17.8 Å². The second kappa shape index (κ2) is 5.87. The van der Waals surface area contributed by atoms with Crippen LogP contribution in [0.25, 0.3) is 0 Å². The lowest BCUT2D eigenvalue weighted by Gasteiger charge is -2.50. The van der Waals surface area contributed by atoms with Gasteiger partial charge in [-0.2, -0.15) is 0 Å². The summed E-state index contributed by atoms with van der Waals surface area (Å²) >= 11 is 0. The first-order valence-electron chi connectivity index (χ1n) is 7.59. The first-order chi connectivity index (χ1) is 11.0. The number of nitrogens with one attached hydrogen (secondary N) is 1. The fourth-order valence-corrected chi connectivity index (χ4v) is 3.22. The second-order valence-corrected chi connectivity index (χ2v) is 6.05. The van der Waals surface area contributed by atoms with Crippen LogP contribution >= 0.6 is 0 Å². The van der Waals surface area contributed by atoms with Crippen LogP contribution in [-0.4, -0.2) is 39.9 Å². The third-order valence-corrected chi connectivity index (χ3v) is 4.28. The Labute approximate surface area is 133 Å². The van der Waals surface area contributed by atoms with E-state index in [1.165, 1.54) is 4.90 Å². The maximum atomic E-state index is 12.2. The number of benzene rings is 1. The van der Waals surface area contributed by atoms with Gasteiger partial charge in [-0.25, -0.2) is 4.79 Å². The van der Waals surface area contributed by atoms with Crippen LogP contribution in [0.2, 0.25) is 0 Å². The average Bonchev–Trinajstić information content (AvgIpc) is 2.52. The lowest BCUT2D eigenvalue weighted by Crippen LogP contribution is -2.72. The molecule has 6 nitrogen and oxygen atoms in total. The summed E-state index contributed by atoms with van der Waals surface area (Å²) in [6.45, 7) is 1.91. The van der Waals surface area contributed by atoms with Gasteiger partial charge in [0.25, 0.3) is 5.91 Å². The van der Waals surface area contributed by atoms with Gasteiger partial charge in [-0.15, -0.1) is 0 Å². The number of allylic oxidation sites excluding steroid dienone is 1. The molecule has 6 heteroatoms. The molecule has 0 unspecified atom stereocenters. The second-order valence-electron chi connectivity index (χ2n) is 6.05. The van der Waals surface area contributed by atoms with Gasteiger partial charge in [0.2, 0.25) is 5.91 Å². The van der Waals surface area contributed by atoms with Crippen LogP contribution in [0, 0.1) is 5.92 Å². The lowest BCUT2D eigenvalue weighted by atomic mass is 9.82. The maximum Gasteiger partial charge on any atom is 0.352 e. The van der Waals surface area contributed by atoms with Crippen LogP contribution in [0.1, 0.15) is 18.9 Å². The molecule has 2 aliphatic heterocycles. The van der Waals surface area contributed by atoms with Gasteiger partial charge in [0.05, 0.1) is 12.5 Å². The number of rotatable bonds is 4. The summed E-state index contributed by atoms with van der Waals surface area (Å²) < 4.78 is 0. The van der Waals surface area contributed by atoms with Crippen LogP contribution in [0.5, 0.6) is 0 Å². The summed E-state index contributed by atoms with van der Waals surface area (Å²) in [6, 6.07) is 8.38. The van der Waals surface area contributed by atoms with Crippen LogP contribution in [0.15, 0.2) is 42.1 Å². The van der Waals surface area contributed by atoms with E-state index in [2.05, 4.69) is 5.32 Å². The monoisotopic (exact) mass is 314 g/mol. The molecular formula is C17H18N2O4. The number of β-lactam (4-membered cyclic amide) rings is 1. The highest BCUT2D eigenvalue weighted by Crippen LogP contribution is 2.35. The van der Waals surface area contributed by atoms with Crippen LogP contribution in [0.4, 0.5) is 0 Å². The molecule has 120 valence electrons. The van der Waals surface area contributed by atoms with Crippen molar-refractivity contribution in [2.24, 2.45) is 5.92 Å². The lowest BCUT2D eigenvalue weighted by molar-refractivity contribution is -0.156. The predicted molar refractivity (Wildman–Crippen MR) is 82.2 cm³/mol. The molecule has 0 saturated carbocycles. The Balaban J connectivity index is 1.67. The first kappa shape index (κ1) is 15.3. The molecule has 2 amide bonds. The molecule has 0 radical (unpaired) electrons. The molecular weight excluding hydrogens is 296 g/mol. The fraction of sp³-hybridized carbons (Fsp3) is 0.353. The molecule has 1 saturated heterocycles. The van der Waals surface area contributed by atoms with Gasteiger partial charge in [0.1, 0.15) is 11.7 Å². The van der Waals surface area contributed by atoms with Crippen molar-refractivity contribution in [1.82, 2.24) is 10.2 Å². The van der Waals surface area contributed by atoms with E-state index in [1.54, 1.807) is 6.08 Å². The Morgan fingerprint density at radius 3 is 2.65 bits per heavy atom. The number of hydrogen-bond donors (Lipinski definition) is 2. The number of carboxylic acids is 1. The zero-order valence-electron chi connectivity index (χ0n) is 12.7. The normalized spacial score (nSPS) is 26.0. The van der Waals surface area contributed by atoms with Gasteiger partial charge in [0.15, 0.2) is 0 Å². The van der Waals surface area contributed by atoms with E-state index >= 15 is 0 Å². The Morgan fingerprint density at radius 2 is 2.00 bits per heavy atom. The standard InChI is InChI=1S/C17H18N2O4/c1-10-7-12-15(16(21)19(12)13(8-10)17(22)23)18-14(20)9-11-5-3-2-4-6-11/h2-6,8,10,12,15H,7,9H2,1H3,(H,18,20)(H,22,23)/t10-,12+,15-/m1/s1. The van der Waals surface area contributed by atoms with Gasteiger partial charge >= 0.3 is 5.97 Å². The smallest absolute Gasteiger partial charge is 0.352 e. The quantitative estimate of drug-likeness (QED) is 0.810. The molecule has 0 bridgehead atoms. The van der Waals surface area contributed by atoms with Crippen molar-refractivity contribution in [2.45, 2.75) is 31.8 Å². The minimum absolute atomic E-state index is 0.0207. The molecule has 2 heterocycles. The van der Waals surface area contributed by atoms with E-state index in [1.807, 2.05) is 37.3 Å². The number of hydrogen-bond acceptors (Lipinski definition) is 3. The Morgan fingerprint density at radius 1 is 1.30 bits per heavy atom. The summed E-state index contributed by atoms with van der Waals surface area (Å²) in [7, 11) is 0. The fourth-order valence-electron chi connectivity index (χ4n) is 3.22. The number of carbonyl (C=O) groups is 3. The van der Waals surface area contributed by atoms with E-state index in [-0.39, 0.29) is 35.9 Å². The van der Waals surface area contributed by atoms with Crippen molar-refractivity contribution in [3.63, 3.8) is 0 Å². The van der Waals surface area contributed by atoms with Crippen molar-refractivity contribution in [3.05, 3.63) is 47.7 Å². The van der Waals surface area contributed by atoms with Crippen LogP contribution in [0.3, 0.4) is 0 Å². The minimum Gasteiger partial charge on any atom is -0.477 e. The highest BCUT2D eigenvalue weighted by Gasteiger charge is 2.52. The van der Waals surface area contributed by atoms with Crippen molar-refractivity contribution in [3.8, 4) is 0 Å². The molecule has 0 spiro atoms. The highest BCUT2D eigenvalue weighted by atomic mass is 16.4. The van der Waals surface area contributed by atoms with Crippen LogP contribution in [-0.2, 0) is 20.8 Å². The topological polar surface area (TPSA) is 86.7 Å². The summed E-state index contributed by atoms with van der Waals surface area (Å²) in [4.78, 5) is 36.9. The van der Waals surface area contributed by atoms with Crippen molar-refractivity contribution < 1.29 is 19.5 Å². The molecule has 1 aromatic carbocycles. The molecule has 2 N–H and O–H groups in total. The third-order valence-electron chi connectivity index (χ3n) is 4.28. The van der Waals surface area contributed by atoms with E-state index in [0.29, 0.717) is 6.42 Å². The van der Waals surface area contributed by atoms with Gasteiger partial charge in [-0.05, 0) is 17.9 Å². The largest absolute Gasteiger partial charge is 0.477 e. The summed E-state index contributed by atoms with van der Waals surface area (Å²) in [5.41, 5.74) is 0.893. The number of aliphatic carboxylic acids is 1. The number of nitrogens with zero attached hydrogens (tertiary/aromatic N) is 1. The SMILES string of the molecule is C[C@H]1C=C(C(=O)O)N2C(=O)[C@H](NC(=O)Cc3ccccc3)[C@@H]2C1. The Bertz CT molecular complexity index is 683. The maximum absolute atomic E-state index is 12.2. The molecule has 3 atom stereocenters. The van der Waals surface area contributed by atoms with Crippen molar-refractivity contribution in [2.75, 3.05) is 0 Å². The van der Waals surface area contributed by atoms with Gasteiger partial charge in [-0.1, -0.05) is 43.3 Å². The van der Waals surface area contributed by atoms with Crippen molar-refractivity contribution in [1.29, 1.82) is 0 Å².